The lowest BCUT2D eigenvalue weighted by Gasteiger charge is -1.96. The molecule has 3 heteroatoms. The Morgan fingerprint density at radius 1 is 1.40 bits per heavy atom. The second-order valence-corrected chi connectivity index (χ2v) is 3.29. The zero-order valence-electron chi connectivity index (χ0n) is 8.74. The molecular formula is C12H12O3. The molecule has 1 aromatic carbocycles. The Balaban J connectivity index is 2.51. The van der Waals surface area contributed by atoms with Crippen LogP contribution in [-0.4, -0.2) is 12.9 Å². The molecule has 0 bridgehead atoms. The van der Waals surface area contributed by atoms with Crippen molar-refractivity contribution in [2.24, 2.45) is 0 Å². The molecule has 0 spiro atoms. The van der Waals surface area contributed by atoms with Crippen LogP contribution in [-0.2, 0) is 0 Å². The molecule has 0 saturated heterocycles. The molecule has 0 aliphatic heterocycles. The van der Waals surface area contributed by atoms with E-state index in [0.29, 0.717) is 17.8 Å². The molecule has 0 saturated carbocycles. The predicted octanol–water partition coefficient (Wildman–Crippen LogP) is 3.03. The number of rotatable bonds is 3. The van der Waals surface area contributed by atoms with Crippen molar-refractivity contribution in [3.8, 4) is 5.75 Å². The third kappa shape index (κ3) is 1.73. The van der Waals surface area contributed by atoms with Crippen LogP contribution >= 0.6 is 0 Å². The van der Waals surface area contributed by atoms with Gasteiger partial charge in [-0.2, -0.15) is 0 Å². The highest BCUT2D eigenvalue weighted by Gasteiger charge is 2.10. The van der Waals surface area contributed by atoms with Crippen LogP contribution < -0.4 is 4.74 Å². The van der Waals surface area contributed by atoms with Gasteiger partial charge in [0.25, 0.3) is 0 Å². The minimum atomic E-state index is 0.0187. The molecule has 15 heavy (non-hydrogen) atoms. The summed E-state index contributed by atoms with van der Waals surface area (Å²) < 4.78 is 10.5. The summed E-state index contributed by atoms with van der Waals surface area (Å²) in [6.07, 6.45) is 0.455. The Bertz CT molecular complexity index is 497. The minimum absolute atomic E-state index is 0.0187. The highest BCUT2D eigenvalue weighted by atomic mass is 16.5. The Kier molecular flexibility index (Phi) is 2.46. The summed E-state index contributed by atoms with van der Waals surface area (Å²) in [5.41, 5.74) is 0.715. The molecule has 78 valence electrons. The van der Waals surface area contributed by atoms with E-state index in [4.69, 9.17) is 9.15 Å². The van der Waals surface area contributed by atoms with Crippen LogP contribution in [0.2, 0.25) is 0 Å². The normalized spacial score (nSPS) is 10.5. The quantitative estimate of drug-likeness (QED) is 0.721. The van der Waals surface area contributed by atoms with Crippen molar-refractivity contribution in [3.05, 3.63) is 30.0 Å². The summed E-state index contributed by atoms with van der Waals surface area (Å²) >= 11 is 0. The SMILES string of the molecule is CCC(=O)c1cc2cc(OC)ccc2o1. The molecule has 2 rings (SSSR count). The van der Waals surface area contributed by atoms with Crippen molar-refractivity contribution in [2.45, 2.75) is 13.3 Å². The van der Waals surface area contributed by atoms with Crippen LogP contribution in [0.3, 0.4) is 0 Å². The first-order valence-electron chi connectivity index (χ1n) is 4.85. The molecule has 1 heterocycles. The lowest BCUT2D eigenvalue weighted by atomic mass is 10.2. The van der Waals surface area contributed by atoms with Gasteiger partial charge in [-0.15, -0.1) is 0 Å². The fourth-order valence-corrected chi connectivity index (χ4v) is 1.46. The second-order valence-electron chi connectivity index (χ2n) is 3.29. The average molecular weight is 204 g/mol. The zero-order chi connectivity index (χ0) is 10.8. The number of hydrogen-bond acceptors (Lipinski definition) is 3. The van der Waals surface area contributed by atoms with E-state index in [2.05, 4.69) is 0 Å². The van der Waals surface area contributed by atoms with Gasteiger partial charge in [0.1, 0.15) is 11.3 Å². The summed E-state index contributed by atoms with van der Waals surface area (Å²) in [6, 6.07) is 7.22. The van der Waals surface area contributed by atoms with Crippen molar-refractivity contribution < 1.29 is 13.9 Å². The lowest BCUT2D eigenvalue weighted by Crippen LogP contribution is -1.92. The smallest absolute Gasteiger partial charge is 0.197 e. The Morgan fingerprint density at radius 3 is 2.87 bits per heavy atom. The van der Waals surface area contributed by atoms with Crippen LogP contribution in [0, 0.1) is 0 Å². The number of benzene rings is 1. The van der Waals surface area contributed by atoms with Crippen LogP contribution in [0.5, 0.6) is 5.75 Å². The summed E-state index contributed by atoms with van der Waals surface area (Å²) in [6.45, 7) is 1.82. The van der Waals surface area contributed by atoms with Gasteiger partial charge in [0.2, 0.25) is 0 Å². The molecule has 0 aliphatic rings. The first-order valence-corrected chi connectivity index (χ1v) is 4.85. The maximum absolute atomic E-state index is 11.4. The molecular weight excluding hydrogens is 192 g/mol. The molecule has 0 fully saturated rings. The second kappa shape index (κ2) is 3.77. The monoisotopic (exact) mass is 204 g/mol. The topological polar surface area (TPSA) is 39.4 Å². The molecule has 1 aromatic heterocycles. The number of ketones is 1. The minimum Gasteiger partial charge on any atom is -0.497 e. The number of ether oxygens (including phenoxy) is 1. The number of carbonyl (C=O) groups excluding carboxylic acids is 1. The highest BCUT2D eigenvalue weighted by molar-refractivity contribution is 5.97. The Hall–Kier alpha value is -1.77. The maximum Gasteiger partial charge on any atom is 0.197 e. The fourth-order valence-electron chi connectivity index (χ4n) is 1.46. The van der Waals surface area contributed by atoms with E-state index >= 15 is 0 Å². The van der Waals surface area contributed by atoms with Gasteiger partial charge in [0.15, 0.2) is 11.5 Å². The number of furan rings is 1. The average Bonchev–Trinajstić information content (AvgIpc) is 2.70. The van der Waals surface area contributed by atoms with Gasteiger partial charge in [0, 0.05) is 11.8 Å². The number of methoxy groups -OCH3 is 1. The largest absolute Gasteiger partial charge is 0.497 e. The van der Waals surface area contributed by atoms with Crippen LogP contribution in [0.4, 0.5) is 0 Å². The Labute approximate surface area is 87.6 Å². The van der Waals surface area contributed by atoms with Crippen LogP contribution in [0.25, 0.3) is 11.0 Å². The standard InChI is InChI=1S/C12H12O3/c1-3-10(13)12-7-8-6-9(14-2)4-5-11(8)15-12/h4-7H,3H2,1-2H3. The first kappa shape index (κ1) is 9.77. The van der Waals surface area contributed by atoms with Gasteiger partial charge in [-0.3, -0.25) is 4.79 Å². The van der Waals surface area contributed by atoms with E-state index in [0.717, 1.165) is 11.1 Å². The van der Waals surface area contributed by atoms with E-state index in [1.54, 1.807) is 19.2 Å². The van der Waals surface area contributed by atoms with Crippen molar-refractivity contribution in [1.82, 2.24) is 0 Å². The van der Waals surface area contributed by atoms with Crippen molar-refractivity contribution >= 4 is 16.8 Å². The third-order valence-corrected chi connectivity index (χ3v) is 2.32. The van der Waals surface area contributed by atoms with E-state index in [9.17, 15) is 4.79 Å². The van der Waals surface area contributed by atoms with E-state index in [-0.39, 0.29) is 5.78 Å². The molecule has 0 atom stereocenters. The number of hydrogen-bond donors (Lipinski definition) is 0. The lowest BCUT2D eigenvalue weighted by molar-refractivity contribution is 0.0963. The summed E-state index contributed by atoms with van der Waals surface area (Å²) in [4.78, 5) is 11.4. The van der Waals surface area contributed by atoms with Gasteiger partial charge in [-0.25, -0.2) is 0 Å². The van der Waals surface area contributed by atoms with Crippen molar-refractivity contribution in [3.63, 3.8) is 0 Å². The van der Waals surface area contributed by atoms with Gasteiger partial charge >= 0.3 is 0 Å². The molecule has 0 N–H and O–H groups in total. The third-order valence-electron chi connectivity index (χ3n) is 2.32. The van der Waals surface area contributed by atoms with Gasteiger partial charge in [-0.05, 0) is 24.3 Å². The van der Waals surface area contributed by atoms with Gasteiger partial charge in [0.05, 0.1) is 7.11 Å². The number of fused-ring (bicyclic) bond motifs is 1. The summed E-state index contributed by atoms with van der Waals surface area (Å²) in [5.74, 6) is 1.20. The van der Waals surface area contributed by atoms with E-state index < -0.39 is 0 Å². The van der Waals surface area contributed by atoms with E-state index in [1.807, 2.05) is 19.1 Å². The van der Waals surface area contributed by atoms with Crippen LogP contribution in [0.15, 0.2) is 28.7 Å². The molecule has 0 unspecified atom stereocenters. The molecule has 3 nitrogen and oxygen atoms in total. The van der Waals surface area contributed by atoms with Gasteiger partial charge < -0.3 is 9.15 Å². The van der Waals surface area contributed by atoms with Crippen molar-refractivity contribution in [1.29, 1.82) is 0 Å². The Morgan fingerprint density at radius 2 is 2.20 bits per heavy atom. The predicted molar refractivity (Wildman–Crippen MR) is 57.4 cm³/mol. The highest BCUT2D eigenvalue weighted by Crippen LogP contribution is 2.24. The number of carbonyl (C=O) groups is 1. The fraction of sp³-hybridized carbons (Fsp3) is 0.250. The summed E-state index contributed by atoms with van der Waals surface area (Å²) in [7, 11) is 1.61. The zero-order valence-corrected chi connectivity index (χ0v) is 8.74. The molecule has 2 aromatic rings. The molecule has 0 radical (unpaired) electrons. The van der Waals surface area contributed by atoms with Gasteiger partial charge in [-0.1, -0.05) is 6.92 Å². The van der Waals surface area contributed by atoms with E-state index in [1.165, 1.54) is 0 Å². The van der Waals surface area contributed by atoms with Crippen molar-refractivity contribution in [2.75, 3.05) is 7.11 Å². The first-order chi connectivity index (χ1) is 7.24. The molecule has 0 aliphatic carbocycles. The maximum atomic E-state index is 11.4. The molecule has 0 amide bonds. The van der Waals surface area contributed by atoms with Crippen LogP contribution in [0.1, 0.15) is 23.9 Å². The summed E-state index contributed by atoms with van der Waals surface area (Å²) in [5, 5.41) is 0.895. The number of Topliss-reactive ketones (excluding diaryl/α,β-unsaturated/α-hetero) is 1.